The van der Waals surface area contributed by atoms with Crippen LogP contribution in [0.15, 0.2) is 28.7 Å². The zero-order chi connectivity index (χ0) is 12.1. The van der Waals surface area contributed by atoms with E-state index in [1.54, 1.807) is 17.4 Å². The molecular formula is C11H12ClN3S2. The van der Waals surface area contributed by atoms with Gasteiger partial charge in [-0.3, -0.25) is 0 Å². The van der Waals surface area contributed by atoms with Crippen LogP contribution in [-0.4, -0.2) is 22.8 Å². The fourth-order valence-corrected chi connectivity index (χ4v) is 2.67. The summed E-state index contributed by atoms with van der Waals surface area (Å²) < 4.78 is 0. The second-order valence-corrected chi connectivity index (χ2v) is 5.51. The second-order valence-electron chi connectivity index (χ2n) is 3.32. The molecular weight excluding hydrogens is 274 g/mol. The number of hydrogen-bond acceptors (Lipinski definition) is 5. The number of thioether (sulfide) groups is 1. The largest absolute Gasteiger partial charge is 0.370 e. The molecule has 0 spiro atoms. The van der Waals surface area contributed by atoms with Gasteiger partial charge in [0, 0.05) is 17.5 Å². The summed E-state index contributed by atoms with van der Waals surface area (Å²) in [5, 5.41) is 6.51. The second kappa shape index (κ2) is 6.23. The topological polar surface area (TPSA) is 37.8 Å². The quantitative estimate of drug-likeness (QED) is 0.518. The molecule has 6 heteroatoms. The number of hydrogen-bond donors (Lipinski definition) is 1. The standard InChI is InChI=1S/C11H12ClN3S2/c1-16-11-14-9(12)7-10(15-11)13-5-4-8-3-2-6-17-8/h2-3,6-7H,4-5H2,1H3,(H,13,14,15). The smallest absolute Gasteiger partial charge is 0.190 e. The van der Waals surface area contributed by atoms with Crippen LogP contribution in [0.1, 0.15) is 4.88 Å². The van der Waals surface area contributed by atoms with Crippen molar-refractivity contribution in [1.82, 2.24) is 9.97 Å². The van der Waals surface area contributed by atoms with Gasteiger partial charge in [-0.1, -0.05) is 29.4 Å². The number of rotatable bonds is 5. The molecule has 0 atom stereocenters. The molecule has 17 heavy (non-hydrogen) atoms. The predicted molar refractivity (Wildman–Crippen MR) is 75.3 cm³/mol. The third kappa shape index (κ3) is 3.87. The Kier molecular flexibility index (Phi) is 4.65. The lowest BCUT2D eigenvalue weighted by molar-refractivity contribution is 0.946. The first-order valence-corrected chi connectivity index (χ1v) is 7.61. The first kappa shape index (κ1) is 12.7. The maximum absolute atomic E-state index is 5.90. The molecule has 0 unspecified atom stereocenters. The van der Waals surface area contributed by atoms with Crippen LogP contribution in [0.4, 0.5) is 5.82 Å². The summed E-state index contributed by atoms with van der Waals surface area (Å²) in [5.41, 5.74) is 0. The molecule has 0 saturated carbocycles. The van der Waals surface area contributed by atoms with Gasteiger partial charge in [0.15, 0.2) is 5.16 Å². The fraction of sp³-hybridized carbons (Fsp3) is 0.273. The van der Waals surface area contributed by atoms with E-state index in [-0.39, 0.29) is 0 Å². The lowest BCUT2D eigenvalue weighted by Gasteiger charge is -2.06. The number of halogens is 1. The highest BCUT2D eigenvalue weighted by Crippen LogP contribution is 2.17. The zero-order valence-corrected chi connectivity index (χ0v) is 11.7. The Bertz CT molecular complexity index is 474. The molecule has 0 aromatic carbocycles. The molecule has 2 aromatic rings. The predicted octanol–water partition coefficient (Wildman–Crippen LogP) is 3.57. The van der Waals surface area contributed by atoms with Gasteiger partial charge in [-0.05, 0) is 24.1 Å². The molecule has 0 bridgehead atoms. The van der Waals surface area contributed by atoms with Gasteiger partial charge in [-0.25, -0.2) is 9.97 Å². The number of anilines is 1. The minimum absolute atomic E-state index is 0.475. The van der Waals surface area contributed by atoms with Crippen molar-refractivity contribution in [1.29, 1.82) is 0 Å². The van der Waals surface area contributed by atoms with Gasteiger partial charge in [0.2, 0.25) is 0 Å². The van der Waals surface area contributed by atoms with Gasteiger partial charge < -0.3 is 5.32 Å². The fourth-order valence-electron chi connectivity index (χ4n) is 1.35. The first-order chi connectivity index (χ1) is 8.28. The van der Waals surface area contributed by atoms with Crippen LogP contribution in [0.3, 0.4) is 0 Å². The van der Waals surface area contributed by atoms with E-state index in [9.17, 15) is 0 Å². The van der Waals surface area contributed by atoms with Gasteiger partial charge in [-0.2, -0.15) is 0 Å². The van der Waals surface area contributed by atoms with Crippen molar-refractivity contribution in [2.24, 2.45) is 0 Å². The Hall–Kier alpha value is -0.780. The Morgan fingerprint density at radius 1 is 1.47 bits per heavy atom. The molecule has 0 radical (unpaired) electrons. The molecule has 2 rings (SSSR count). The molecule has 2 aromatic heterocycles. The average molecular weight is 286 g/mol. The maximum atomic E-state index is 5.90. The Labute approximate surface area is 114 Å². The van der Waals surface area contributed by atoms with Crippen molar-refractivity contribution in [3.8, 4) is 0 Å². The van der Waals surface area contributed by atoms with E-state index in [1.165, 1.54) is 16.6 Å². The highest BCUT2D eigenvalue weighted by Gasteiger charge is 2.02. The van der Waals surface area contributed by atoms with Gasteiger partial charge in [-0.15, -0.1) is 11.3 Å². The summed E-state index contributed by atoms with van der Waals surface area (Å²) >= 11 is 9.15. The first-order valence-electron chi connectivity index (χ1n) is 5.13. The van der Waals surface area contributed by atoms with Crippen LogP contribution in [0.5, 0.6) is 0 Å². The van der Waals surface area contributed by atoms with Crippen molar-refractivity contribution in [3.63, 3.8) is 0 Å². The molecule has 0 aliphatic heterocycles. The van der Waals surface area contributed by atoms with Crippen molar-refractivity contribution < 1.29 is 0 Å². The average Bonchev–Trinajstić information content (AvgIpc) is 2.81. The molecule has 0 aliphatic rings. The molecule has 0 aliphatic carbocycles. The van der Waals surface area contributed by atoms with Gasteiger partial charge >= 0.3 is 0 Å². The van der Waals surface area contributed by atoms with Crippen LogP contribution in [-0.2, 0) is 6.42 Å². The molecule has 0 saturated heterocycles. The van der Waals surface area contributed by atoms with E-state index in [4.69, 9.17) is 11.6 Å². The van der Waals surface area contributed by atoms with Crippen LogP contribution in [0.25, 0.3) is 0 Å². The minimum atomic E-state index is 0.475. The molecule has 0 amide bonds. The number of aromatic nitrogens is 2. The van der Waals surface area contributed by atoms with Gasteiger partial charge in [0.25, 0.3) is 0 Å². The van der Waals surface area contributed by atoms with E-state index >= 15 is 0 Å². The molecule has 0 fully saturated rings. The van der Waals surface area contributed by atoms with E-state index in [1.807, 2.05) is 6.26 Å². The Morgan fingerprint density at radius 2 is 2.35 bits per heavy atom. The van der Waals surface area contributed by atoms with Crippen LogP contribution < -0.4 is 5.32 Å². The third-order valence-electron chi connectivity index (χ3n) is 2.11. The van der Waals surface area contributed by atoms with Gasteiger partial charge in [0.1, 0.15) is 11.0 Å². The number of nitrogens with one attached hydrogen (secondary N) is 1. The van der Waals surface area contributed by atoms with Gasteiger partial charge in [0.05, 0.1) is 0 Å². The third-order valence-corrected chi connectivity index (χ3v) is 3.79. The maximum Gasteiger partial charge on any atom is 0.190 e. The number of thiophene rings is 1. The summed E-state index contributed by atoms with van der Waals surface area (Å²) in [7, 11) is 0. The van der Waals surface area contributed by atoms with Crippen LogP contribution >= 0.6 is 34.7 Å². The molecule has 1 N–H and O–H groups in total. The monoisotopic (exact) mass is 285 g/mol. The zero-order valence-electron chi connectivity index (χ0n) is 9.31. The van der Waals surface area contributed by atoms with E-state index in [0.29, 0.717) is 10.3 Å². The molecule has 3 nitrogen and oxygen atoms in total. The number of nitrogens with zero attached hydrogens (tertiary/aromatic N) is 2. The van der Waals surface area contributed by atoms with Crippen LogP contribution in [0.2, 0.25) is 5.15 Å². The summed E-state index contributed by atoms with van der Waals surface area (Å²) in [6, 6.07) is 5.94. The van der Waals surface area contributed by atoms with Crippen LogP contribution in [0, 0.1) is 0 Å². The van der Waals surface area contributed by atoms with Crippen molar-refractivity contribution in [2.75, 3.05) is 18.1 Å². The lowest BCUT2D eigenvalue weighted by Crippen LogP contribution is -2.06. The van der Waals surface area contributed by atoms with Crippen molar-refractivity contribution >= 4 is 40.5 Å². The summed E-state index contributed by atoms with van der Waals surface area (Å²) in [6.45, 7) is 0.849. The van der Waals surface area contributed by atoms with Crippen molar-refractivity contribution in [2.45, 2.75) is 11.6 Å². The van der Waals surface area contributed by atoms with E-state index in [2.05, 4.69) is 32.8 Å². The molecule has 2 heterocycles. The lowest BCUT2D eigenvalue weighted by atomic mass is 10.3. The molecule has 90 valence electrons. The SMILES string of the molecule is CSc1nc(Cl)cc(NCCc2cccs2)n1. The summed E-state index contributed by atoms with van der Waals surface area (Å²) in [6.07, 6.45) is 2.93. The highest BCUT2D eigenvalue weighted by molar-refractivity contribution is 7.98. The summed E-state index contributed by atoms with van der Waals surface area (Å²) in [4.78, 5) is 9.78. The van der Waals surface area contributed by atoms with E-state index in [0.717, 1.165) is 18.8 Å². The Balaban J connectivity index is 1.92. The van der Waals surface area contributed by atoms with Crippen molar-refractivity contribution in [3.05, 3.63) is 33.6 Å². The minimum Gasteiger partial charge on any atom is -0.370 e. The van der Waals surface area contributed by atoms with E-state index < -0.39 is 0 Å². The highest BCUT2D eigenvalue weighted by atomic mass is 35.5. The Morgan fingerprint density at radius 3 is 3.06 bits per heavy atom. The summed E-state index contributed by atoms with van der Waals surface area (Å²) in [5.74, 6) is 0.783. The normalized spacial score (nSPS) is 10.5.